The number of carbonyl (C=O) groups excluding carboxylic acids is 3. The van der Waals surface area contributed by atoms with Crippen molar-refractivity contribution >= 4 is 18.0 Å². The van der Waals surface area contributed by atoms with Crippen molar-refractivity contribution in [3.63, 3.8) is 0 Å². The van der Waals surface area contributed by atoms with Crippen LogP contribution < -0.4 is 4.74 Å². The van der Waals surface area contributed by atoms with Crippen LogP contribution in [0.5, 0.6) is 5.75 Å². The van der Waals surface area contributed by atoms with Gasteiger partial charge in [0.15, 0.2) is 0 Å². The summed E-state index contributed by atoms with van der Waals surface area (Å²) in [6.45, 7) is 5.78. The topological polar surface area (TPSA) is 82.1 Å². The van der Waals surface area contributed by atoms with E-state index in [4.69, 9.17) is 9.47 Å². The molecule has 1 aromatic rings. The highest BCUT2D eigenvalue weighted by molar-refractivity contribution is 5.89. The van der Waals surface area contributed by atoms with E-state index in [-0.39, 0.29) is 0 Å². The van der Waals surface area contributed by atoms with Crippen LogP contribution in [0.25, 0.3) is 0 Å². The Morgan fingerprint density at radius 3 is 2.32 bits per heavy atom. The Labute approximate surface area is 146 Å². The zero-order chi connectivity index (χ0) is 18.6. The molecule has 0 spiro atoms. The van der Waals surface area contributed by atoms with Crippen molar-refractivity contribution < 1.29 is 28.6 Å². The van der Waals surface area contributed by atoms with E-state index < -0.39 is 29.7 Å². The van der Waals surface area contributed by atoms with Crippen molar-refractivity contribution in [3.8, 4) is 5.75 Å². The van der Waals surface area contributed by atoms with Crippen LogP contribution in [0.2, 0.25) is 0 Å². The highest BCUT2D eigenvalue weighted by Crippen LogP contribution is 2.23. The summed E-state index contributed by atoms with van der Waals surface area (Å²) in [5.41, 5.74) is -0.267. The van der Waals surface area contributed by atoms with Gasteiger partial charge in [0.1, 0.15) is 17.4 Å². The molecule has 0 bridgehead atoms. The van der Waals surface area contributed by atoms with Crippen LogP contribution in [0.1, 0.15) is 44.0 Å². The van der Waals surface area contributed by atoms with Gasteiger partial charge in [-0.2, -0.15) is 0 Å². The molecule has 7 heteroatoms. The summed E-state index contributed by atoms with van der Waals surface area (Å²) in [6.07, 6.45) is 0.714. The van der Waals surface area contributed by atoms with E-state index in [0.29, 0.717) is 30.7 Å². The van der Waals surface area contributed by atoms with Crippen LogP contribution in [0, 0.1) is 0 Å². The molecule has 0 aromatic heterocycles. The predicted octanol–water partition coefficient (Wildman–Crippen LogP) is 2.78. The molecule has 1 atom stereocenters. The van der Waals surface area contributed by atoms with Gasteiger partial charge in [-0.1, -0.05) is 0 Å². The van der Waals surface area contributed by atoms with E-state index in [0.717, 1.165) is 0 Å². The van der Waals surface area contributed by atoms with Crippen LogP contribution in [0.15, 0.2) is 24.3 Å². The standard InChI is InChI=1S/C18H23NO6/c1-18(2,3)25-17(22)19-11-5-6-14(19)16(21)24-13-9-7-12(8-10-13)15(20)23-4/h7-10,14H,5-6,11H2,1-4H3/t14-/m0/s1. The number of nitrogens with zero attached hydrogens (tertiary/aromatic N) is 1. The van der Waals surface area contributed by atoms with Crippen LogP contribution in [0.3, 0.4) is 0 Å². The predicted molar refractivity (Wildman–Crippen MR) is 89.4 cm³/mol. The summed E-state index contributed by atoms with van der Waals surface area (Å²) in [5, 5.41) is 0. The second-order valence-corrected chi connectivity index (χ2v) is 6.77. The molecule has 7 nitrogen and oxygen atoms in total. The number of methoxy groups -OCH3 is 1. The average Bonchev–Trinajstić information content (AvgIpc) is 3.03. The molecule has 0 radical (unpaired) electrons. The number of likely N-dealkylation sites (tertiary alicyclic amines) is 1. The largest absolute Gasteiger partial charge is 0.465 e. The fourth-order valence-electron chi connectivity index (χ4n) is 2.51. The van der Waals surface area contributed by atoms with Gasteiger partial charge < -0.3 is 14.2 Å². The molecule has 1 aromatic carbocycles. The molecule has 136 valence electrons. The van der Waals surface area contributed by atoms with Crippen molar-refractivity contribution in [2.45, 2.75) is 45.3 Å². The maximum Gasteiger partial charge on any atom is 0.411 e. The fourth-order valence-corrected chi connectivity index (χ4v) is 2.51. The van der Waals surface area contributed by atoms with E-state index in [1.54, 1.807) is 20.8 Å². The number of hydrogen-bond acceptors (Lipinski definition) is 6. The summed E-state index contributed by atoms with van der Waals surface area (Å²) in [5.74, 6) is -0.687. The lowest BCUT2D eigenvalue weighted by Crippen LogP contribution is -2.44. The number of amides is 1. The fraction of sp³-hybridized carbons (Fsp3) is 0.500. The van der Waals surface area contributed by atoms with Crippen molar-refractivity contribution in [2.75, 3.05) is 13.7 Å². The Bertz CT molecular complexity index is 647. The second kappa shape index (κ2) is 7.55. The van der Waals surface area contributed by atoms with Gasteiger partial charge in [-0.05, 0) is 57.9 Å². The zero-order valence-corrected chi connectivity index (χ0v) is 14.9. The third kappa shape index (κ3) is 4.95. The molecule has 25 heavy (non-hydrogen) atoms. The maximum absolute atomic E-state index is 12.4. The van der Waals surface area contributed by atoms with Crippen molar-refractivity contribution in [3.05, 3.63) is 29.8 Å². The number of esters is 2. The number of benzene rings is 1. The van der Waals surface area contributed by atoms with Gasteiger partial charge in [0, 0.05) is 6.54 Å². The van der Waals surface area contributed by atoms with Crippen molar-refractivity contribution in [1.29, 1.82) is 0 Å². The van der Waals surface area contributed by atoms with E-state index >= 15 is 0 Å². The Morgan fingerprint density at radius 2 is 1.76 bits per heavy atom. The number of rotatable bonds is 3. The average molecular weight is 349 g/mol. The quantitative estimate of drug-likeness (QED) is 0.616. The summed E-state index contributed by atoms with van der Waals surface area (Å²) in [6, 6.07) is 5.37. The summed E-state index contributed by atoms with van der Waals surface area (Å²) < 4.78 is 15.3. The van der Waals surface area contributed by atoms with Crippen LogP contribution in [0.4, 0.5) is 4.79 Å². The van der Waals surface area contributed by atoms with Crippen LogP contribution in [-0.4, -0.2) is 48.2 Å². The lowest BCUT2D eigenvalue weighted by Gasteiger charge is -2.27. The molecular formula is C18H23NO6. The molecule has 1 aliphatic heterocycles. The van der Waals surface area contributed by atoms with Crippen LogP contribution >= 0.6 is 0 Å². The number of ether oxygens (including phenoxy) is 3. The first kappa shape index (κ1) is 18.8. The van der Waals surface area contributed by atoms with Gasteiger partial charge in [0.25, 0.3) is 0 Å². The van der Waals surface area contributed by atoms with E-state index in [1.807, 2.05) is 0 Å². The highest BCUT2D eigenvalue weighted by Gasteiger charge is 2.37. The van der Waals surface area contributed by atoms with Crippen molar-refractivity contribution in [1.82, 2.24) is 4.90 Å². The Kier molecular flexibility index (Phi) is 5.66. The molecule has 1 amide bonds. The van der Waals surface area contributed by atoms with E-state index in [2.05, 4.69) is 4.74 Å². The zero-order valence-electron chi connectivity index (χ0n) is 14.9. The van der Waals surface area contributed by atoms with Gasteiger partial charge in [-0.25, -0.2) is 14.4 Å². The SMILES string of the molecule is COC(=O)c1ccc(OC(=O)[C@@H]2CCCN2C(=O)OC(C)(C)C)cc1. The van der Waals surface area contributed by atoms with E-state index in [9.17, 15) is 14.4 Å². The molecule has 0 unspecified atom stereocenters. The summed E-state index contributed by atoms with van der Waals surface area (Å²) >= 11 is 0. The molecule has 0 aliphatic carbocycles. The van der Waals surface area contributed by atoms with Gasteiger partial charge in [-0.15, -0.1) is 0 Å². The first-order valence-corrected chi connectivity index (χ1v) is 8.11. The highest BCUT2D eigenvalue weighted by atomic mass is 16.6. The lowest BCUT2D eigenvalue weighted by atomic mass is 10.2. The van der Waals surface area contributed by atoms with E-state index in [1.165, 1.54) is 36.3 Å². The Morgan fingerprint density at radius 1 is 1.12 bits per heavy atom. The van der Waals surface area contributed by atoms with Gasteiger partial charge in [0.05, 0.1) is 12.7 Å². The second-order valence-electron chi connectivity index (χ2n) is 6.77. The molecule has 0 N–H and O–H groups in total. The smallest absolute Gasteiger partial charge is 0.411 e. The Balaban J connectivity index is 2.01. The summed E-state index contributed by atoms with van der Waals surface area (Å²) in [7, 11) is 1.29. The molecular weight excluding hydrogens is 326 g/mol. The monoisotopic (exact) mass is 349 g/mol. The minimum Gasteiger partial charge on any atom is -0.465 e. The molecule has 1 saturated heterocycles. The third-order valence-electron chi connectivity index (χ3n) is 3.65. The lowest BCUT2D eigenvalue weighted by molar-refractivity contribution is -0.139. The van der Waals surface area contributed by atoms with Gasteiger partial charge in [0.2, 0.25) is 0 Å². The number of hydrogen-bond donors (Lipinski definition) is 0. The third-order valence-corrected chi connectivity index (χ3v) is 3.65. The summed E-state index contributed by atoms with van der Waals surface area (Å²) in [4.78, 5) is 37.4. The first-order chi connectivity index (χ1) is 11.7. The normalized spacial score (nSPS) is 17.1. The Hall–Kier alpha value is -2.57. The molecule has 1 aliphatic rings. The first-order valence-electron chi connectivity index (χ1n) is 8.11. The van der Waals surface area contributed by atoms with Gasteiger partial charge in [-0.3, -0.25) is 4.90 Å². The van der Waals surface area contributed by atoms with Crippen molar-refractivity contribution in [2.24, 2.45) is 0 Å². The molecule has 1 fully saturated rings. The van der Waals surface area contributed by atoms with Crippen LogP contribution in [-0.2, 0) is 14.3 Å². The number of carbonyl (C=O) groups is 3. The molecule has 2 rings (SSSR count). The molecule has 0 saturated carbocycles. The minimum absolute atomic E-state index is 0.300. The minimum atomic E-state index is -0.671. The maximum atomic E-state index is 12.4. The van der Waals surface area contributed by atoms with Gasteiger partial charge >= 0.3 is 18.0 Å². The molecule has 1 heterocycles.